The van der Waals surface area contributed by atoms with Gasteiger partial charge in [-0.3, -0.25) is 9.52 Å². The van der Waals surface area contributed by atoms with E-state index in [-0.39, 0.29) is 17.3 Å². The van der Waals surface area contributed by atoms with Crippen molar-refractivity contribution in [3.05, 3.63) is 71.1 Å². The third-order valence-electron chi connectivity index (χ3n) is 4.12. The summed E-state index contributed by atoms with van der Waals surface area (Å²) < 4.78 is 63.2. The molecule has 0 radical (unpaired) electrons. The number of anilines is 1. The zero-order valence-corrected chi connectivity index (χ0v) is 17.7. The van der Waals surface area contributed by atoms with E-state index in [0.29, 0.717) is 11.3 Å². The Hall–Kier alpha value is -3.91. The van der Waals surface area contributed by atoms with Crippen molar-refractivity contribution in [2.45, 2.75) is 13.0 Å². The number of amides is 1. The van der Waals surface area contributed by atoms with Crippen LogP contribution < -0.4 is 14.8 Å². The maximum absolute atomic E-state index is 14.2. The summed E-state index contributed by atoms with van der Waals surface area (Å²) in [6, 6.07) is 7.58. The predicted octanol–water partition coefficient (Wildman–Crippen LogP) is 3.59. The number of terminal acetylenes is 1. The molecule has 1 heterocycles. The van der Waals surface area contributed by atoms with Crippen molar-refractivity contribution < 1.29 is 31.1 Å². The minimum absolute atomic E-state index is 0.0680. The summed E-state index contributed by atoms with van der Waals surface area (Å²) in [6.07, 6.45) is 6.95. The van der Waals surface area contributed by atoms with Gasteiger partial charge in [0.1, 0.15) is 17.7 Å². The van der Waals surface area contributed by atoms with Gasteiger partial charge in [-0.1, -0.05) is 12.0 Å². The van der Waals surface area contributed by atoms with Crippen LogP contribution in [0.1, 0.15) is 34.6 Å². The number of oxazole rings is 1. The zero-order valence-electron chi connectivity index (χ0n) is 16.8. The fraction of sp³-hybridized carbons (Fsp3) is 0.143. The first-order valence-electron chi connectivity index (χ1n) is 9.03. The van der Waals surface area contributed by atoms with Gasteiger partial charge in [-0.05, 0) is 42.8 Å². The number of hydrogen-bond donors (Lipinski definition) is 2. The molecule has 1 aromatic heterocycles. The molecule has 0 bridgehead atoms. The SMILES string of the molecule is C#Cc1cccc(Oc2nc(C(=O)N[C@H](C)c3cc(F)c(NS(C)(=O)=O)c(F)c3)co2)c1. The molecular weight excluding hydrogens is 444 g/mol. The number of carbonyl (C=O) groups excluding carboxylic acids is 1. The van der Waals surface area contributed by atoms with Gasteiger partial charge in [-0.25, -0.2) is 17.2 Å². The van der Waals surface area contributed by atoms with Crippen LogP contribution in [0.15, 0.2) is 47.1 Å². The van der Waals surface area contributed by atoms with E-state index in [9.17, 15) is 22.0 Å². The molecule has 3 aromatic rings. The Bertz CT molecular complexity index is 1290. The van der Waals surface area contributed by atoms with E-state index in [0.717, 1.165) is 24.7 Å². The van der Waals surface area contributed by atoms with Crippen molar-refractivity contribution >= 4 is 21.6 Å². The van der Waals surface area contributed by atoms with E-state index in [2.05, 4.69) is 16.2 Å². The molecule has 0 aliphatic rings. The van der Waals surface area contributed by atoms with Crippen molar-refractivity contribution in [3.63, 3.8) is 0 Å². The first kappa shape index (κ1) is 22.8. The van der Waals surface area contributed by atoms with E-state index in [1.807, 2.05) is 0 Å². The molecule has 0 aliphatic heterocycles. The number of nitrogens with one attached hydrogen (secondary N) is 2. The van der Waals surface area contributed by atoms with Gasteiger partial charge in [0.25, 0.3) is 5.91 Å². The van der Waals surface area contributed by atoms with Gasteiger partial charge in [0, 0.05) is 5.56 Å². The molecular formula is C21H17F2N3O5S. The second-order valence-corrected chi connectivity index (χ2v) is 8.45. The van der Waals surface area contributed by atoms with E-state index in [1.165, 1.54) is 6.92 Å². The molecule has 2 N–H and O–H groups in total. The molecule has 8 nitrogen and oxygen atoms in total. The van der Waals surface area contributed by atoms with Gasteiger partial charge in [0.15, 0.2) is 17.3 Å². The van der Waals surface area contributed by atoms with Crippen LogP contribution in [0.3, 0.4) is 0 Å². The third-order valence-corrected chi connectivity index (χ3v) is 4.70. The third kappa shape index (κ3) is 5.61. The van der Waals surface area contributed by atoms with E-state index in [4.69, 9.17) is 15.6 Å². The Morgan fingerprint density at radius 3 is 2.56 bits per heavy atom. The lowest BCUT2D eigenvalue weighted by Gasteiger charge is -2.15. The largest absolute Gasteiger partial charge is 0.416 e. The topological polar surface area (TPSA) is 111 Å². The Kier molecular flexibility index (Phi) is 6.45. The molecule has 2 aromatic carbocycles. The first-order chi connectivity index (χ1) is 15.1. The summed E-state index contributed by atoms with van der Waals surface area (Å²) in [5.74, 6) is -0.130. The van der Waals surface area contributed by atoms with Crippen LogP contribution in [0, 0.1) is 24.0 Å². The summed E-state index contributed by atoms with van der Waals surface area (Å²) in [4.78, 5) is 16.3. The summed E-state index contributed by atoms with van der Waals surface area (Å²) in [5.41, 5.74) is -0.283. The van der Waals surface area contributed by atoms with Crippen molar-refractivity contribution in [2.75, 3.05) is 11.0 Å². The molecule has 0 spiro atoms. The monoisotopic (exact) mass is 461 g/mol. The zero-order chi connectivity index (χ0) is 23.5. The maximum Gasteiger partial charge on any atom is 0.399 e. The molecule has 166 valence electrons. The minimum atomic E-state index is -3.87. The predicted molar refractivity (Wildman–Crippen MR) is 112 cm³/mol. The van der Waals surface area contributed by atoms with Crippen molar-refractivity contribution in [2.24, 2.45) is 0 Å². The van der Waals surface area contributed by atoms with Gasteiger partial charge in [0.2, 0.25) is 10.0 Å². The van der Waals surface area contributed by atoms with Gasteiger partial charge in [-0.15, -0.1) is 6.42 Å². The minimum Gasteiger partial charge on any atom is -0.416 e. The number of halogens is 2. The normalized spacial score (nSPS) is 12.0. The fourth-order valence-corrected chi connectivity index (χ4v) is 3.20. The average Bonchev–Trinajstić information content (AvgIpc) is 3.18. The summed E-state index contributed by atoms with van der Waals surface area (Å²) in [7, 11) is -3.87. The van der Waals surface area contributed by atoms with E-state index < -0.39 is 39.3 Å². The lowest BCUT2D eigenvalue weighted by molar-refractivity contribution is 0.0934. The summed E-state index contributed by atoms with van der Waals surface area (Å²) in [5, 5.41) is 2.51. The van der Waals surface area contributed by atoms with Gasteiger partial charge < -0.3 is 14.5 Å². The second kappa shape index (κ2) is 9.07. The highest BCUT2D eigenvalue weighted by Gasteiger charge is 2.20. The molecule has 1 atom stereocenters. The number of aromatic nitrogens is 1. The smallest absolute Gasteiger partial charge is 0.399 e. The molecule has 11 heteroatoms. The second-order valence-electron chi connectivity index (χ2n) is 6.70. The van der Waals surface area contributed by atoms with Crippen molar-refractivity contribution in [3.8, 4) is 24.2 Å². The number of sulfonamides is 1. The molecule has 1 amide bonds. The lowest BCUT2D eigenvalue weighted by atomic mass is 10.1. The number of nitrogens with zero attached hydrogens (tertiary/aromatic N) is 1. The summed E-state index contributed by atoms with van der Waals surface area (Å²) >= 11 is 0. The van der Waals surface area contributed by atoms with Crippen LogP contribution in [0.2, 0.25) is 0 Å². The summed E-state index contributed by atoms with van der Waals surface area (Å²) in [6.45, 7) is 1.48. The molecule has 0 fully saturated rings. The highest BCUT2D eigenvalue weighted by molar-refractivity contribution is 7.92. The number of hydrogen-bond acceptors (Lipinski definition) is 6. The van der Waals surface area contributed by atoms with Gasteiger partial charge in [0.05, 0.1) is 12.3 Å². The van der Waals surface area contributed by atoms with Crippen LogP contribution >= 0.6 is 0 Å². The Balaban J connectivity index is 1.70. The van der Waals surface area contributed by atoms with Crippen LogP contribution in [-0.4, -0.2) is 25.6 Å². The van der Waals surface area contributed by atoms with Crippen LogP contribution in [0.4, 0.5) is 14.5 Å². The quantitative estimate of drug-likeness (QED) is 0.521. The Morgan fingerprint density at radius 1 is 1.25 bits per heavy atom. The molecule has 0 aliphatic carbocycles. The molecule has 3 rings (SSSR count). The molecule has 0 unspecified atom stereocenters. The van der Waals surface area contributed by atoms with Crippen LogP contribution in [0.5, 0.6) is 11.8 Å². The van der Waals surface area contributed by atoms with Crippen molar-refractivity contribution in [1.29, 1.82) is 0 Å². The standard InChI is InChI=1S/C21H17F2N3O5S/c1-4-13-6-5-7-15(8-13)31-21-25-18(11-30-21)20(27)24-12(2)14-9-16(22)19(17(23)10-14)26-32(3,28)29/h1,5-12,26H,2-3H3,(H,24,27)/t12-/m1/s1. The number of benzene rings is 2. The number of carbonyl (C=O) groups is 1. The Labute approximate surface area is 182 Å². The molecule has 32 heavy (non-hydrogen) atoms. The Morgan fingerprint density at radius 2 is 1.94 bits per heavy atom. The van der Waals surface area contributed by atoms with E-state index >= 15 is 0 Å². The molecule has 0 saturated carbocycles. The number of ether oxygens (including phenoxy) is 1. The highest BCUT2D eigenvalue weighted by Crippen LogP contribution is 2.26. The highest BCUT2D eigenvalue weighted by atomic mass is 32.2. The van der Waals surface area contributed by atoms with Crippen LogP contribution in [-0.2, 0) is 10.0 Å². The van der Waals surface area contributed by atoms with E-state index in [1.54, 1.807) is 29.0 Å². The lowest BCUT2D eigenvalue weighted by Crippen LogP contribution is -2.27. The van der Waals surface area contributed by atoms with Crippen molar-refractivity contribution in [1.82, 2.24) is 10.3 Å². The number of rotatable bonds is 7. The first-order valence-corrected chi connectivity index (χ1v) is 10.9. The molecule has 0 saturated heterocycles. The van der Waals surface area contributed by atoms with Crippen LogP contribution in [0.25, 0.3) is 0 Å². The maximum atomic E-state index is 14.2. The average molecular weight is 461 g/mol. The van der Waals surface area contributed by atoms with Gasteiger partial charge >= 0.3 is 6.08 Å². The van der Waals surface area contributed by atoms with Gasteiger partial charge in [-0.2, -0.15) is 4.98 Å². The fourth-order valence-electron chi connectivity index (χ4n) is 2.64.